The van der Waals surface area contributed by atoms with Crippen LogP contribution in [0.4, 0.5) is 0 Å². The lowest BCUT2D eigenvalue weighted by Crippen LogP contribution is -2.10. The van der Waals surface area contributed by atoms with Gasteiger partial charge in [0.1, 0.15) is 6.34 Å². The van der Waals surface area contributed by atoms with Crippen LogP contribution in [0.2, 0.25) is 0 Å². The van der Waals surface area contributed by atoms with Crippen molar-refractivity contribution in [2.24, 2.45) is 4.40 Å². The third-order valence-corrected chi connectivity index (χ3v) is 4.93. The Hall–Kier alpha value is -1.66. The number of hydrogen-bond donors (Lipinski definition) is 0. The second-order valence-corrected chi connectivity index (χ2v) is 7.15. The molecule has 6 heteroatoms. The Morgan fingerprint density at radius 2 is 1.73 bits per heavy atom. The van der Waals surface area contributed by atoms with Gasteiger partial charge >= 0.3 is 0 Å². The van der Waals surface area contributed by atoms with Crippen molar-refractivity contribution in [1.29, 1.82) is 0 Å². The van der Waals surface area contributed by atoms with Crippen molar-refractivity contribution in [3.8, 4) is 11.1 Å². The van der Waals surface area contributed by atoms with E-state index in [4.69, 9.17) is 0 Å². The van der Waals surface area contributed by atoms with Crippen LogP contribution < -0.4 is 0 Å². The number of nitrogens with zero attached hydrogens (tertiary/aromatic N) is 2. The minimum atomic E-state index is -3.73. The number of rotatable bonds is 5. The van der Waals surface area contributed by atoms with E-state index in [1.807, 2.05) is 30.3 Å². The fraction of sp³-hybridized carbons (Fsp3) is 0.188. The molecule has 0 aromatic heterocycles. The number of sulfonamides is 1. The second-order valence-electron chi connectivity index (χ2n) is 4.99. The molecule has 0 bridgehead atoms. The average molecular weight is 381 g/mol. The fourth-order valence-electron chi connectivity index (χ4n) is 1.92. The number of halogens is 1. The Kier molecular flexibility index (Phi) is 5.37. The predicted molar refractivity (Wildman–Crippen MR) is 93.9 cm³/mol. The summed E-state index contributed by atoms with van der Waals surface area (Å²) >= 11 is 3.40. The van der Waals surface area contributed by atoms with Crippen molar-refractivity contribution in [3.05, 3.63) is 54.1 Å². The molecule has 0 unspecified atom stereocenters. The minimum absolute atomic E-state index is 0.208. The number of alkyl halides is 1. The third kappa shape index (κ3) is 3.96. The van der Waals surface area contributed by atoms with Gasteiger partial charge in [-0.1, -0.05) is 58.4 Å². The summed E-state index contributed by atoms with van der Waals surface area (Å²) in [5.74, 6) is 0. The van der Waals surface area contributed by atoms with E-state index in [-0.39, 0.29) is 4.90 Å². The van der Waals surface area contributed by atoms with Gasteiger partial charge in [0.05, 0.1) is 4.90 Å². The van der Waals surface area contributed by atoms with E-state index < -0.39 is 10.0 Å². The zero-order chi connectivity index (χ0) is 16.2. The molecule has 0 radical (unpaired) electrons. The molecule has 0 spiro atoms. The van der Waals surface area contributed by atoms with E-state index in [2.05, 4.69) is 20.3 Å². The molecule has 0 aliphatic heterocycles. The van der Waals surface area contributed by atoms with Crippen LogP contribution in [-0.2, 0) is 15.4 Å². The van der Waals surface area contributed by atoms with Gasteiger partial charge in [-0.15, -0.1) is 4.40 Å². The molecule has 4 nitrogen and oxygen atoms in total. The highest BCUT2D eigenvalue weighted by molar-refractivity contribution is 9.08. The summed E-state index contributed by atoms with van der Waals surface area (Å²) in [6.07, 6.45) is 1.29. The van der Waals surface area contributed by atoms with Gasteiger partial charge in [-0.25, -0.2) is 0 Å². The van der Waals surface area contributed by atoms with Gasteiger partial charge in [0.15, 0.2) is 0 Å². The van der Waals surface area contributed by atoms with Crippen molar-refractivity contribution in [2.45, 2.75) is 10.2 Å². The highest BCUT2D eigenvalue weighted by atomic mass is 79.9. The summed E-state index contributed by atoms with van der Waals surface area (Å²) in [4.78, 5) is 1.80. The highest BCUT2D eigenvalue weighted by Crippen LogP contribution is 2.28. The van der Waals surface area contributed by atoms with E-state index in [0.29, 0.717) is 5.56 Å². The van der Waals surface area contributed by atoms with Crippen LogP contribution in [0.5, 0.6) is 0 Å². The molecular weight excluding hydrogens is 364 g/mol. The van der Waals surface area contributed by atoms with Crippen molar-refractivity contribution in [2.75, 3.05) is 14.1 Å². The van der Waals surface area contributed by atoms with E-state index >= 15 is 0 Å². The van der Waals surface area contributed by atoms with E-state index in [1.54, 1.807) is 37.2 Å². The van der Waals surface area contributed by atoms with Crippen LogP contribution in [-0.4, -0.2) is 33.8 Å². The lowest BCUT2D eigenvalue weighted by atomic mass is 10.0. The molecule has 22 heavy (non-hydrogen) atoms. The molecule has 116 valence electrons. The van der Waals surface area contributed by atoms with Crippen molar-refractivity contribution < 1.29 is 8.42 Å². The summed E-state index contributed by atoms with van der Waals surface area (Å²) in [6, 6.07) is 14.7. The number of benzene rings is 2. The van der Waals surface area contributed by atoms with Gasteiger partial charge in [-0.3, -0.25) is 0 Å². The maximum atomic E-state index is 12.4. The second kappa shape index (κ2) is 7.07. The van der Waals surface area contributed by atoms with Gasteiger partial charge in [0.2, 0.25) is 0 Å². The summed E-state index contributed by atoms with van der Waals surface area (Å²) in [6.45, 7) is 0. The normalized spacial score (nSPS) is 11.8. The largest absolute Gasteiger partial charge is 0.368 e. The standard InChI is InChI=1S/C16H17BrN2O2S/c1-19(2)12-18-22(20,21)16-6-4-3-5-15(16)14-9-7-13(11-17)8-10-14/h3-10,12H,11H2,1-2H3/b18-12+. The van der Waals surface area contributed by atoms with Crippen molar-refractivity contribution in [3.63, 3.8) is 0 Å². The Morgan fingerprint density at radius 3 is 2.32 bits per heavy atom. The molecule has 2 aromatic carbocycles. The van der Waals surface area contributed by atoms with Crippen LogP contribution in [0.3, 0.4) is 0 Å². The molecule has 0 saturated heterocycles. The molecule has 0 atom stereocenters. The summed E-state index contributed by atoms with van der Waals surface area (Å²) in [5, 5.41) is 0.764. The first-order chi connectivity index (χ1) is 10.4. The first-order valence-electron chi connectivity index (χ1n) is 6.65. The first-order valence-corrected chi connectivity index (χ1v) is 9.21. The van der Waals surface area contributed by atoms with Gasteiger partial charge in [-0.05, 0) is 17.2 Å². The highest BCUT2D eigenvalue weighted by Gasteiger charge is 2.17. The minimum Gasteiger partial charge on any atom is -0.368 e. The molecule has 0 aliphatic carbocycles. The third-order valence-electron chi connectivity index (χ3n) is 3.00. The Labute approximate surface area is 139 Å². The molecule has 2 rings (SSSR count). The van der Waals surface area contributed by atoms with Crippen LogP contribution >= 0.6 is 15.9 Å². The summed E-state index contributed by atoms with van der Waals surface area (Å²) < 4.78 is 28.6. The number of hydrogen-bond acceptors (Lipinski definition) is 2. The van der Waals surface area contributed by atoms with Crippen molar-refractivity contribution in [1.82, 2.24) is 4.90 Å². The van der Waals surface area contributed by atoms with Gasteiger partial charge in [0.25, 0.3) is 10.0 Å². The lowest BCUT2D eigenvalue weighted by molar-refractivity contribution is 0.595. The zero-order valence-corrected chi connectivity index (χ0v) is 14.8. The van der Waals surface area contributed by atoms with Crippen LogP contribution in [0.15, 0.2) is 57.8 Å². The fourth-order valence-corrected chi connectivity index (χ4v) is 3.43. The Balaban J connectivity index is 2.50. The summed E-state index contributed by atoms with van der Waals surface area (Å²) in [7, 11) is -0.279. The average Bonchev–Trinajstić information content (AvgIpc) is 2.53. The SMILES string of the molecule is CN(C)/C=N/S(=O)(=O)c1ccccc1-c1ccc(CBr)cc1. The molecule has 0 heterocycles. The molecule has 0 amide bonds. The maximum Gasteiger partial charge on any atom is 0.284 e. The lowest BCUT2D eigenvalue weighted by Gasteiger charge is -2.09. The van der Waals surface area contributed by atoms with Gasteiger partial charge in [0, 0.05) is 25.0 Å². The smallest absolute Gasteiger partial charge is 0.284 e. The van der Waals surface area contributed by atoms with Gasteiger partial charge < -0.3 is 4.90 Å². The molecule has 0 aliphatic rings. The molecule has 2 aromatic rings. The van der Waals surface area contributed by atoms with Crippen molar-refractivity contribution >= 4 is 32.3 Å². The van der Waals surface area contributed by atoms with E-state index in [0.717, 1.165) is 16.5 Å². The molecule has 0 N–H and O–H groups in total. The molecule has 0 saturated carbocycles. The first kappa shape index (κ1) is 16.7. The molecular formula is C16H17BrN2O2S. The van der Waals surface area contributed by atoms with Crippen LogP contribution in [0.25, 0.3) is 11.1 Å². The van der Waals surface area contributed by atoms with E-state index in [1.165, 1.54) is 6.34 Å². The quantitative estimate of drug-likeness (QED) is 0.452. The summed E-state index contributed by atoms with van der Waals surface area (Å²) in [5.41, 5.74) is 2.64. The monoisotopic (exact) mass is 380 g/mol. The van der Waals surface area contributed by atoms with Crippen LogP contribution in [0, 0.1) is 0 Å². The molecule has 0 fully saturated rings. The predicted octanol–water partition coefficient (Wildman–Crippen LogP) is 3.53. The van der Waals surface area contributed by atoms with E-state index in [9.17, 15) is 8.42 Å². The topological polar surface area (TPSA) is 49.7 Å². The van der Waals surface area contributed by atoms with Crippen LogP contribution in [0.1, 0.15) is 5.56 Å². The van der Waals surface area contributed by atoms with Gasteiger partial charge in [-0.2, -0.15) is 8.42 Å². The Bertz CT molecular complexity index is 769. The Morgan fingerprint density at radius 1 is 1.09 bits per heavy atom. The zero-order valence-electron chi connectivity index (χ0n) is 12.4. The maximum absolute atomic E-state index is 12.4.